The lowest BCUT2D eigenvalue weighted by Crippen LogP contribution is -2.34. The number of benzene rings is 1. The molecule has 1 fully saturated rings. The lowest BCUT2D eigenvalue weighted by molar-refractivity contribution is -0.387. The van der Waals surface area contributed by atoms with Gasteiger partial charge in [-0.2, -0.15) is 4.39 Å². The molecule has 0 spiro atoms. The minimum absolute atomic E-state index is 0.0393. The minimum Gasteiger partial charge on any atom is -0.395 e. The molecular weight excluding hydrogens is 297 g/mol. The van der Waals surface area contributed by atoms with Crippen molar-refractivity contribution in [3.8, 4) is 0 Å². The molecule has 22 heavy (non-hydrogen) atoms. The van der Waals surface area contributed by atoms with E-state index < -0.39 is 22.3 Å². The van der Waals surface area contributed by atoms with E-state index in [1.165, 1.54) is 11.0 Å². The third-order valence-electron chi connectivity index (χ3n) is 3.34. The maximum absolute atomic E-state index is 13.3. The largest absolute Gasteiger partial charge is 0.395 e. The fourth-order valence-corrected chi connectivity index (χ4v) is 2.27. The molecule has 0 aromatic heterocycles. The number of nitro groups is 1. The monoisotopic (exact) mass is 311 g/mol. The number of rotatable bonds is 5. The van der Waals surface area contributed by atoms with Crippen molar-refractivity contribution in [3.05, 3.63) is 34.1 Å². The number of anilines is 1. The topological polar surface area (TPSA) is 113 Å². The molecule has 118 valence electrons. The van der Waals surface area contributed by atoms with Crippen molar-refractivity contribution >= 4 is 23.2 Å². The van der Waals surface area contributed by atoms with Gasteiger partial charge < -0.3 is 15.3 Å². The maximum atomic E-state index is 13.3. The van der Waals surface area contributed by atoms with Crippen LogP contribution in [0.3, 0.4) is 0 Å². The summed E-state index contributed by atoms with van der Waals surface area (Å²) in [5.74, 6) is -2.34. The number of amides is 2. The average Bonchev–Trinajstić information content (AvgIpc) is 2.87. The first-order valence-electron chi connectivity index (χ1n) is 6.57. The van der Waals surface area contributed by atoms with Crippen LogP contribution in [0.1, 0.15) is 6.42 Å². The molecule has 1 aliphatic heterocycles. The number of aliphatic hydroxyl groups excluding tert-OH is 1. The number of carbonyl (C=O) groups is 2. The summed E-state index contributed by atoms with van der Waals surface area (Å²) in [5, 5.41) is 21.9. The predicted octanol–water partition coefficient (Wildman–Crippen LogP) is 0.195. The van der Waals surface area contributed by atoms with Crippen molar-refractivity contribution in [1.29, 1.82) is 0 Å². The second-order valence-electron chi connectivity index (χ2n) is 4.81. The van der Waals surface area contributed by atoms with Gasteiger partial charge in [-0.25, -0.2) is 0 Å². The Morgan fingerprint density at radius 3 is 2.91 bits per heavy atom. The normalized spacial score (nSPS) is 17.6. The molecule has 2 rings (SSSR count). The molecule has 8 nitrogen and oxygen atoms in total. The Kier molecular flexibility index (Phi) is 4.66. The molecule has 1 unspecified atom stereocenters. The average molecular weight is 311 g/mol. The predicted molar refractivity (Wildman–Crippen MR) is 73.6 cm³/mol. The smallest absolute Gasteiger partial charge is 0.306 e. The van der Waals surface area contributed by atoms with E-state index in [-0.39, 0.29) is 43.6 Å². The molecule has 2 N–H and O–H groups in total. The van der Waals surface area contributed by atoms with Crippen LogP contribution in [0.15, 0.2) is 18.2 Å². The van der Waals surface area contributed by atoms with Gasteiger partial charge in [0.1, 0.15) is 0 Å². The zero-order valence-corrected chi connectivity index (χ0v) is 11.5. The van der Waals surface area contributed by atoms with Crippen molar-refractivity contribution in [2.75, 3.05) is 24.6 Å². The van der Waals surface area contributed by atoms with Crippen molar-refractivity contribution in [2.45, 2.75) is 6.42 Å². The summed E-state index contributed by atoms with van der Waals surface area (Å²) in [4.78, 5) is 34.8. The number of nitrogens with one attached hydrogen (secondary N) is 1. The zero-order valence-electron chi connectivity index (χ0n) is 11.5. The van der Waals surface area contributed by atoms with Crippen LogP contribution in [0.5, 0.6) is 0 Å². The summed E-state index contributed by atoms with van der Waals surface area (Å²) in [6.45, 7) is -0.0648. The number of aliphatic hydroxyl groups is 1. The third-order valence-corrected chi connectivity index (χ3v) is 3.34. The molecule has 1 heterocycles. The molecule has 1 aromatic rings. The zero-order chi connectivity index (χ0) is 16.3. The maximum Gasteiger partial charge on any atom is 0.306 e. The van der Waals surface area contributed by atoms with Crippen molar-refractivity contribution in [1.82, 2.24) is 5.32 Å². The molecule has 2 amide bonds. The lowest BCUT2D eigenvalue weighted by atomic mass is 10.1. The first kappa shape index (κ1) is 15.8. The van der Waals surface area contributed by atoms with Gasteiger partial charge in [0, 0.05) is 25.6 Å². The van der Waals surface area contributed by atoms with E-state index >= 15 is 0 Å². The van der Waals surface area contributed by atoms with E-state index in [0.29, 0.717) is 0 Å². The number of nitrogens with zero attached hydrogens (tertiary/aromatic N) is 2. The van der Waals surface area contributed by atoms with Gasteiger partial charge in [-0.3, -0.25) is 19.7 Å². The van der Waals surface area contributed by atoms with E-state index in [1.54, 1.807) is 0 Å². The standard InChI is InChI=1S/C13H14FN3O5/c14-10-2-1-9(6-11(10)17(21)22)16-7-8(5-12(16)19)13(20)15-3-4-18/h1-2,6,8,18H,3-5,7H2,(H,15,20). The van der Waals surface area contributed by atoms with Crippen LogP contribution >= 0.6 is 0 Å². The minimum atomic E-state index is -0.988. The third kappa shape index (κ3) is 3.19. The summed E-state index contributed by atoms with van der Waals surface area (Å²) < 4.78 is 13.3. The van der Waals surface area contributed by atoms with Crippen LogP contribution in [0.2, 0.25) is 0 Å². The van der Waals surface area contributed by atoms with Crippen LogP contribution in [-0.2, 0) is 9.59 Å². The van der Waals surface area contributed by atoms with Gasteiger partial charge in [-0.15, -0.1) is 0 Å². The first-order valence-corrected chi connectivity index (χ1v) is 6.57. The molecule has 0 aliphatic carbocycles. The van der Waals surface area contributed by atoms with E-state index in [0.717, 1.165) is 12.1 Å². The second-order valence-corrected chi connectivity index (χ2v) is 4.81. The highest BCUT2D eigenvalue weighted by atomic mass is 19.1. The Morgan fingerprint density at radius 1 is 1.55 bits per heavy atom. The number of hydrogen-bond donors (Lipinski definition) is 2. The van der Waals surface area contributed by atoms with Gasteiger partial charge in [0.05, 0.1) is 23.1 Å². The van der Waals surface area contributed by atoms with Gasteiger partial charge in [0.15, 0.2) is 0 Å². The van der Waals surface area contributed by atoms with Gasteiger partial charge >= 0.3 is 5.69 Å². The molecule has 1 aliphatic rings. The summed E-state index contributed by atoms with van der Waals surface area (Å²) in [6.07, 6.45) is -0.0393. The van der Waals surface area contributed by atoms with Crippen LogP contribution in [0.25, 0.3) is 0 Å². The number of halogens is 1. The molecule has 0 saturated carbocycles. The van der Waals surface area contributed by atoms with Crippen molar-refractivity contribution < 1.29 is 24.0 Å². The number of nitro benzene ring substituents is 1. The van der Waals surface area contributed by atoms with Gasteiger partial charge in [-0.05, 0) is 12.1 Å². The Hall–Kier alpha value is -2.55. The highest BCUT2D eigenvalue weighted by Gasteiger charge is 2.35. The fourth-order valence-electron chi connectivity index (χ4n) is 2.27. The SMILES string of the molecule is O=C(NCCO)C1CC(=O)N(c2ccc(F)c([N+](=O)[O-])c2)C1. The van der Waals surface area contributed by atoms with Crippen LogP contribution in [0.4, 0.5) is 15.8 Å². The van der Waals surface area contributed by atoms with E-state index in [4.69, 9.17) is 5.11 Å². The summed E-state index contributed by atoms with van der Waals surface area (Å²) in [5.41, 5.74) is -0.547. The molecule has 1 atom stereocenters. The Labute approximate surface area is 124 Å². The van der Waals surface area contributed by atoms with Crippen LogP contribution in [-0.4, -0.2) is 41.5 Å². The summed E-state index contributed by atoms with van der Waals surface area (Å²) in [6, 6.07) is 3.15. The fraction of sp³-hybridized carbons (Fsp3) is 0.385. The second kappa shape index (κ2) is 6.48. The highest BCUT2D eigenvalue weighted by molar-refractivity contribution is 6.00. The molecule has 9 heteroatoms. The molecular formula is C13H14FN3O5. The van der Waals surface area contributed by atoms with Crippen molar-refractivity contribution in [2.24, 2.45) is 5.92 Å². The Balaban J connectivity index is 2.16. The van der Waals surface area contributed by atoms with Crippen molar-refractivity contribution in [3.63, 3.8) is 0 Å². The summed E-state index contributed by atoms with van der Waals surface area (Å²) >= 11 is 0. The van der Waals surface area contributed by atoms with Gasteiger partial charge in [0.25, 0.3) is 0 Å². The van der Waals surface area contributed by atoms with E-state index in [2.05, 4.69) is 5.32 Å². The lowest BCUT2D eigenvalue weighted by Gasteiger charge is -2.16. The molecule has 1 aromatic carbocycles. The molecule has 1 saturated heterocycles. The van der Waals surface area contributed by atoms with Crippen LogP contribution < -0.4 is 10.2 Å². The van der Waals surface area contributed by atoms with E-state index in [9.17, 15) is 24.1 Å². The number of carbonyl (C=O) groups excluding carboxylic acids is 2. The van der Waals surface area contributed by atoms with E-state index in [1.807, 2.05) is 0 Å². The summed E-state index contributed by atoms with van der Waals surface area (Å²) in [7, 11) is 0. The molecule has 0 radical (unpaired) electrons. The Bertz CT molecular complexity index is 622. The van der Waals surface area contributed by atoms with Crippen LogP contribution in [0, 0.1) is 21.8 Å². The Morgan fingerprint density at radius 2 is 2.27 bits per heavy atom. The highest BCUT2D eigenvalue weighted by Crippen LogP contribution is 2.29. The first-order chi connectivity index (χ1) is 10.4. The van der Waals surface area contributed by atoms with Gasteiger partial charge in [-0.1, -0.05) is 0 Å². The number of hydrogen-bond acceptors (Lipinski definition) is 5. The molecule has 0 bridgehead atoms. The van der Waals surface area contributed by atoms with Gasteiger partial charge in [0.2, 0.25) is 17.6 Å². The quantitative estimate of drug-likeness (QED) is 0.595.